The third-order valence-corrected chi connectivity index (χ3v) is 5.06. The Labute approximate surface area is 205 Å². The van der Waals surface area contributed by atoms with Crippen molar-refractivity contribution in [3.05, 3.63) is 82.9 Å². The molecule has 0 spiro atoms. The number of pyridine rings is 1. The molecule has 0 radical (unpaired) electrons. The van der Waals surface area contributed by atoms with E-state index in [0.29, 0.717) is 19.6 Å². The van der Waals surface area contributed by atoms with Crippen LogP contribution in [0.4, 0.5) is 26.3 Å². The van der Waals surface area contributed by atoms with Gasteiger partial charge in [-0.2, -0.15) is 31.4 Å². The number of benzene rings is 1. The Morgan fingerprint density at radius 1 is 1.11 bits per heavy atom. The highest BCUT2D eigenvalue weighted by molar-refractivity contribution is 5.94. The normalized spacial score (nSPS) is 15.2. The molecular formula is C23H20F6N4O4. The van der Waals surface area contributed by atoms with Gasteiger partial charge < -0.3 is 15.2 Å². The van der Waals surface area contributed by atoms with Crippen molar-refractivity contribution >= 4 is 11.9 Å². The van der Waals surface area contributed by atoms with Crippen LogP contribution in [0.15, 0.2) is 54.9 Å². The molecule has 1 aliphatic heterocycles. The molecule has 198 valence electrons. The van der Waals surface area contributed by atoms with Crippen molar-refractivity contribution in [2.24, 2.45) is 0 Å². The fraction of sp³-hybridized carbons (Fsp3) is 0.304. The second-order valence-corrected chi connectivity index (χ2v) is 7.77. The number of nitrogens with one attached hydrogen (secondary N) is 1. The molecule has 1 aliphatic rings. The van der Waals surface area contributed by atoms with Crippen molar-refractivity contribution in [1.29, 1.82) is 0 Å². The van der Waals surface area contributed by atoms with Gasteiger partial charge in [-0.25, -0.2) is 4.79 Å². The molecule has 1 unspecified atom stereocenters. The third kappa shape index (κ3) is 7.77. The number of alkyl halides is 6. The highest BCUT2D eigenvalue weighted by atomic mass is 19.4. The third-order valence-electron chi connectivity index (χ3n) is 5.06. The van der Waals surface area contributed by atoms with E-state index in [-0.39, 0.29) is 12.1 Å². The minimum absolute atomic E-state index is 0.108. The molecule has 1 amide bonds. The fourth-order valence-corrected chi connectivity index (χ4v) is 3.35. The Hall–Kier alpha value is -3.94. The zero-order chi connectivity index (χ0) is 27.2. The van der Waals surface area contributed by atoms with Crippen molar-refractivity contribution in [2.75, 3.05) is 13.2 Å². The quantitative estimate of drug-likeness (QED) is 0.483. The van der Waals surface area contributed by atoms with Crippen LogP contribution in [-0.2, 0) is 28.7 Å². The van der Waals surface area contributed by atoms with Gasteiger partial charge in [0.05, 0.1) is 18.8 Å². The number of rotatable bonds is 5. The lowest BCUT2D eigenvalue weighted by Crippen LogP contribution is -2.32. The first-order valence-electron chi connectivity index (χ1n) is 10.7. The van der Waals surface area contributed by atoms with Gasteiger partial charge in [0.1, 0.15) is 11.8 Å². The monoisotopic (exact) mass is 530 g/mol. The van der Waals surface area contributed by atoms with E-state index in [9.17, 15) is 31.1 Å². The molecule has 0 saturated carbocycles. The molecule has 4 rings (SSSR count). The first-order valence-corrected chi connectivity index (χ1v) is 10.7. The number of carboxylic acids is 1. The van der Waals surface area contributed by atoms with Crippen LogP contribution in [0, 0.1) is 0 Å². The summed E-state index contributed by atoms with van der Waals surface area (Å²) in [5.74, 6) is -3.38. The van der Waals surface area contributed by atoms with Crippen LogP contribution in [0.2, 0.25) is 0 Å². The van der Waals surface area contributed by atoms with E-state index in [0.717, 1.165) is 29.1 Å². The van der Waals surface area contributed by atoms with Gasteiger partial charge in [0.25, 0.3) is 5.91 Å². The number of ether oxygens (including phenoxy) is 1. The predicted molar refractivity (Wildman–Crippen MR) is 115 cm³/mol. The number of carboxylic acid groups (broad SMARTS) is 1. The Bertz CT molecular complexity index is 1230. The molecule has 1 aromatic carbocycles. The van der Waals surface area contributed by atoms with Crippen LogP contribution in [0.3, 0.4) is 0 Å². The summed E-state index contributed by atoms with van der Waals surface area (Å²) in [6.45, 7) is 1.21. The number of aromatic nitrogens is 3. The molecule has 0 bridgehead atoms. The van der Waals surface area contributed by atoms with Crippen LogP contribution >= 0.6 is 0 Å². The molecule has 1 atom stereocenters. The average Bonchev–Trinajstić information content (AvgIpc) is 3.25. The van der Waals surface area contributed by atoms with Gasteiger partial charge in [0.15, 0.2) is 0 Å². The maximum Gasteiger partial charge on any atom is 0.490 e. The maximum atomic E-state index is 12.8. The van der Waals surface area contributed by atoms with E-state index in [1.165, 1.54) is 6.07 Å². The maximum absolute atomic E-state index is 12.8. The van der Waals surface area contributed by atoms with Crippen molar-refractivity contribution in [2.45, 2.75) is 31.4 Å². The average molecular weight is 530 g/mol. The minimum Gasteiger partial charge on any atom is -0.475 e. The fourth-order valence-electron chi connectivity index (χ4n) is 3.35. The highest BCUT2D eigenvalue weighted by Crippen LogP contribution is 2.28. The second kappa shape index (κ2) is 11.4. The number of aliphatic carboxylic acids is 1. The summed E-state index contributed by atoms with van der Waals surface area (Å²) in [5.41, 5.74) is 1.68. The topological polar surface area (TPSA) is 106 Å². The summed E-state index contributed by atoms with van der Waals surface area (Å²) in [5, 5.41) is 14.4. The van der Waals surface area contributed by atoms with Crippen LogP contribution in [0.25, 0.3) is 0 Å². The Morgan fingerprint density at radius 2 is 1.78 bits per heavy atom. The number of nitrogens with zero attached hydrogens (tertiary/aromatic N) is 3. The smallest absolute Gasteiger partial charge is 0.475 e. The van der Waals surface area contributed by atoms with E-state index < -0.39 is 36.0 Å². The van der Waals surface area contributed by atoms with Gasteiger partial charge in [0.2, 0.25) is 0 Å². The molecule has 14 heteroatoms. The van der Waals surface area contributed by atoms with Gasteiger partial charge in [0, 0.05) is 24.5 Å². The molecule has 37 heavy (non-hydrogen) atoms. The summed E-state index contributed by atoms with van der Waals surface area (Å²) in [4.78, 5) is 24.5. The van der Waals surface area contributed by atoms with Crippen molar-refractivity contribution in [3.63, 3.8) is 0 Å². The minimum atomic E-state index is -5.08. The van der Waals surface area contributed by atoms with Crippen LogP contribution < -0.4 is 5.32 Å². The molecule has 3 aromatic rings. The Morgan fingerprint density at radius 3 is 2.41 bits per heavy atom. The largest absolute Gasteiger partial charge is 0.490 e. The predicted octanol–water partition coefficient (Wildman–Crippen LogP) is 4.02. The molecule has 8 nitrogen and oxygen atoms in total. The number of fused-ring (bicyclic) bond motifs is 1. The summed E-state index contributed by atoms with van der Waals surface area (Å²) in [6, 6.07) is 11.9. The molecule has 0 aliphatic carbocycles. The van der Waals surface area contributed by atoms with Gasteiger partial charge in [-0.3, -0.25) is 14.5 Å². The second-order valence-electron chi connectivity index (χ2n) is 7.77. The molecule has 3 heterocycles. The summed E-state index contributed by atoms with van der Waals surface area (Å²) in [6.07, 6.45) is -6.49. The van der Waals surface area contributed by atoms with Crippen LogP contribution in [-0.4, -0.2) is 51.1 Å². The lowest BCUT2D eigenvalue weighted by Gasteiger charge is -2.22. The van der Waals surface area contributed by atoms with E-state index in [4.69, 9.17) is 14.6 Å². The number of carbonyl (C=O) groups is 2. The number of carbonyl (C=O) groups excluding carboxylic acids is 1. The van der Waals surface area contributed by atoms with E-state index in [1.54, 1.807) is 0 Å². The molecule has 2 aromatic heterocycles. The van der Waals surface area contributed by atoms with Crippen molar-refractivity contribution in [1.82, 2.24) is 20.1 Å². The zero-order valence-electron chi connectivity index (χ0n) is 18.9. The van der Waals surface area contributed by atoms with Gasteiger partial charge in [-0.05, 0) is 29.7 Å². The Balaban J connectivity index is 0.000000479. The van der Waals surface area contributed by atoms with Crippen LogP contribution in [0.5, 0.6) is 0 Å². The van der Waals surface area contributed by atoms with E-state index in [2.05, 4.69) is 15.4 Å². The Kier molecular flexibility index (Phi) is 8.53. The lowest BCUT2D eigenvalue weighted by molar-refractivity contribution is -0.192. The number of halogens is 6. The first-order chi connectivity index (χ1) is 17.3. The van der Waals surface area contributed by atoms with Gasteiger partial charge in [-0.15, -0.1) is 0 Å². The van der Waals surface area contributed by atoms with Gasteiger partial charge in [-0.1, -0.05) is 30.3 Å². The van der Waals surface area contributed by atoms with Gasteiger partial charge >= 0.3 is 18.3 Å². The number of hydrogen-bond donors (Lipinski definition) is 2. The van der Waals surface area contributed by atoms with E-state index >= 15 is 0 Å². The van der Waals surface area contributed by atoms with E-state index in [1.807, 2.05) is 41.2 Å². The molecule has 0 fully saturated rings. The van der Waals surface area contributed by atoms with Crippen molar-refractivity contribution < 1.29 is 45.8 Å². The summed E-state index contributed by atoms with van der Waals surface area (Å²) in [7, 11) is 0. The summed E-state index contributed by atoms with van der Waals surface area (Å²) < 4.78 is 77.7. The molecule has 0 saturated heterocycles. The highest BCUT2D eigenvalue weighted by Gasteiger charge is 2.38. The van der Waals surface area contributed by atoms with Crippen molar-refractivity contribution in [3.8, 4) is 0 Å². The standard InChI is InChI=1S/C21H19F3N4O2.C2HF3O2/c22-21(23,24)18-10-15(6-8-25-18)20(29)26-11-17-19-16(7-9-30-17)13-28(27-19)12-14-4-2-1-3-5-14;3-2(4,5)1(6)7/h1-6,8,10,13,17H,7,9,11-12H2,(H,26,29);(H,6,7). The first kappa shape index (κ1) is 27.6. The zero-order valence-corrected chi connectivity index (χ0v) is 18.9. The molecular weight excluding hydrogens is 510 g/mol. The van der Waals surface area contributed by atoms with Crippen LogP contribution in [0.1, 0.15) is 39.0 Å². The number of hydrogen-bond acceptors (Lipinski definition) is 5. The summed E-state index contributed by atoms with van der Waals surface area (Å²) >= 11 is 0. The number of amides is 1. The lowest BCUT2D eigenvalue weighted by atomic mass is 10.1. The molecule has 2 N–H and O–H groups in total. The SMILES string of the molecule is O=C(NCC1OCCc2cn(Cc3ccccc3)nc21)c1ccnc(C(F)(F)F)c1.O=C(O)C(F)(F)F.